The van der Waals surface area contributed by atoms with Crippen LogP contribution in [0.5, 0.6) is 0 Å². The maximum Gasteiger partial charge on any atom is 0.220 e. The molecule has 1 rings (SSSR count). The van der Waals surface area contributed by atoms with Gasteiger partial charge in [0.25, 0.3) is 0 Å². The van der Waals surface area contributed by atoms with Crippen LogP contribution in [-0.2, 0) is 6.42 Å². The summed E-state index contributed by atoms with van der Waals surface area (Å²) in [5.74, 6) is 0. The van der Waals surface area contributed by atoms with E-state index in [1.807, 2.05) is 24.3 Å². The van der Waals surface area contributed by atoms with Crippen molar-refractivity contribution in [1.29, 1.82) is 0 Å². The zero-order chi connectivity index (χ0) is 10.8. The predicted molar refractivity (Wildman–Crippen MR) is 58.9 cm³/mol. The Bertz CT molecular complexity index is 332. The minimum absolute atomic E-state index is 0.241. The maximum absolute atomic E-state index is 10.7. The molecule has 76 valence electrons. The van der Waals surface area contributed by atoms with Crippen molar-refractivity contribution < 1.29 is 4.92 Å². The largest absolute Gasteiger partial charge is 0.264 e. The summed E-state index contributed by atoms with van der Waals surface area (Å²) in [6.45, 7) is 3.27. The first kappa shape index (κ1) is 11.2. The van der Waals surface area contributed by atoms with Crippen LogP contribution >= 0.6 is 15.9 Å². The molecule has 0 aliphatic heterocycles. The van der Waals surface area contributed by atoms with Gasteiger partial charge in [-0.15, -0.1) is 0 Å². The number of benzene rings is 1. The van der Waals surface area contributed by atoms with Crippen LogP contribution in [0.1, 0.15) is 19.4 Å². The van der Waals surface area contributed by atoms with Gasteiger partial charge in [0, 0.05) is 29.7 Å². The second-order valence-electron chi connectivity index (χ2n) is 3.87. The van der Waals surface area contributed by atoms with Gasteiger partial charge in [0.2, 0.25) is 5.54 Å². The third-order valence-corrected chi connectivity index (χ3v) is 2.57. The van der Waals surface area contributed by atoms with Gasteiger partial charge in [0.05, 0.1) is 0 Å². The molecule has 0 spiro atoms. The quantitative estimate of drug-likeness (QED) is 0.617. The lowest BCUT2D eigenvalue weighted by atomic mass is 9.96. The van der Waals surface area contributed by atoms with E-state index in [-0.39, 0.29) is 4.92 Å². The molecular weight excluding hydrogens is 246 g/mol. The fourth-order valence-electron chi connectivity index (χ4n) is 1.17. The highest BCUT2D eigenvalue weighted by Gasteiger charge is 2.30. The Labute approximate surface area is 91.4 Å². The number of hydrogen-bond acceptors (Lipinski definition) is 2. The second kappa shape index (κ2) is 4.09. The van der Waals surface area contributed by atoms with E-state index in [2.05, 4.69) is 15.9 Å². The van der Waals surface area contributed by atoms with E-state index < -0.39 is 5.54 Å². The van der Waals surface area contributed by atoms with Gasteiger partial charge in [-0.05, 0) is 17.7 Å². The first-order valence-corrected chi connectivity index (χ1v) is 5.10. The lowest BCUT2D eigenvalue weighted by Crippen LogP contribution is -2.33. The summed E-state index contributed by atoms with van der Waals surface area (Å²) in [6, 6.07) is 7.58. The average molecular weight is 258 g/mol. The normalized spacial score (nSPS) is 11.4. The minimum atomic E-state index is -0.895. The molecule has 0 aliphatic carbocycles. The van der Waals surface area contributed by atoms with Crippen molar-refractivity contribution in [1.82, 2.24) is 0 Å². The maximum atomic E-state index is 10.7. The molecule has 0 N–H and O–H groups in total. The van der Waals surface area contributed by atoms with E-state index in [1.165, 1.54) is 0 Å². The Morgan fingerprint density at radius 2 is 1.86 bits per heavy atom. The van der Waals surface area contributed by atoms with E-state index in [4.69, 9.17) is 0 Å². The van der Waals surface area contributed by atoms with Gasteiger partial charge < -0.3 is 0 Å². The highest BCUT2D eigenvalue weighted by Crippen LogP contribution is 2.18. The molecule has 1 aromatic rings. The molecule has 0 atom stereocenters. The van der Waals surface area contributed by atoms with Crippen molar-refractivity contribution in [3.63, 3.8) is 0 Å². The monoisotopic (exact) mass is 257 g/mol. The van der Waals surface area contributed by atoms with Crippen LogP contribution in [0.15, 0.2) is 28.7 Å². The van der Waals surface area contributed by atoms with Gasteiger partial charge >= 0.3 is 0 Å². The number of halogens is 1. The zero-order valence-electron chi connectivity index (χ0n) is 8.16. The average Bonchev–Trinajstić information content (AvgIpc) is 2.08. The molecule has 0 saturated heterocycles. The van der Waals surface area contributed by atoms with Gasteiger partial charge in [-0.2, -0.15) is 0 Å². The highest BCUT2D eigenvalue weighted by atomic mass is 79.9. The lowest BCUT2D eigenvalue weighted by Gasteiger charge is -2.15. The molecule has 0 radical (unpaired) electrons. The molecule has 0 bridgehead atoms. The number of hydrogen-bond donors (Lipinski definition) is 0. The molecule has 0 unspecified atom stereocenters. The Kier molecular flexibility index (Phi) is 3.26. The van der Waals surface area contributed by atoms with E-state index in [9.17, 15) is 10.1 Å². The van der Waals surface area contributed by atoms with Crippen molar-refractivity contribution in [2.75, 3.05) is 0 Å². The van der Waals surface area contributed by atoms with Crippen LogP contribution in [0.2, 0.25) is 0 Å². The summed E-state index contributed by atoms with van der Waals surface area (Å²) in [6.07, 6.45) is 0.452. The van der Waals surface area contributed by atoms with Gasteiger partial charge in [-0.3, -0.25) is 10.1 Å². The van der Waals surface area contributed by atoms with Crippen LogP contribution in [0, 0.1) is 10.1 Å². The van der Waals surface area contributed by atoms with Gasteiger partial charge in [0.15, 0.2) is 0 Å². The summed E-state index contributed by atoms with van der Waals surface area (Å²) in [5.41, 5.74) is 0.0864. The second-order valence-corrected chi connectivity index (χ2v) is 4.79. The molecule has 0 saturated carbocycles. The summed E-state index contributed by atoms with van der Waals surface area (Å²) in [4.78, 5) is 10.4. The number of rotatable bonds is 3. The zero-order valence-corrected chi connectivity index (χ0v) is 9.74. The molecule has 1 aromatic carbocycles. The topological polar surface area (TPSA) is 43.1 Å². The molecule has 3 nitrogen and oxygen atoms in total. The molecule has 14 heavy (non-hydrogen) atoms. The highest BCUT2D eigenvalue weighted by molar-refractivity contribution is 9.10. The molecule has 0 amide bonds. The van der Waals surface area contributed by atoms with Crippen LogP contribution in [0.4, 0.5) is 0 Å². The van der Waals surface area contributed by atoms with Gasteiger partial charge in [0.1, 0.15) is 0 Å². The predicted octanol–water partition coefficient (Wildman–Crippen LogP) is 3.05. The number of nitrogens with zero attached hydrogens (tertiary/aromatic N) is 1. The summed E-state index contributed by atoms with van der Waals surface area (Å²) < 4.78 is 0.986. The molecule has 0 fully saturated rings. The molecule has 0 aliphatic rings. The van der Waals surface area contributed by atoms with Crippen molar-refractivity contribution in [3.05, 3.63) is 44.4 Å². The SMILES string of the molecule is CC(C)(Cc1ccc(Br)cc1)[N+](=O)[O-]. The molecule has 0 aromatic heterocycles. The van der Waals surface area contributed by atoms with Crippen molar-refractivity contribution in [2.24, 2.45) is 0 Å². The number of nitro groups is 1. The van der Waals surface area contributed by atoms with E-state index in [1.54, 1.807) is 13.8 Å². The molecule has 4 heteroatoms. The van der Waals surface area contributed by atoms with Gasteiger partial charge in [-0.25, -0.2) is 0 Å². The van der Waals surface area contributed by atoms with Crippen LogP contribution in [0.25, 0.3) is 0 Å². The van der Waals surface area contributed by atoms with Crippen LogP contribution in [0.3, 0.4) is 0 Å². The Morgan fingerprint density at radius 3 is 2.29 bits per heavy atom. The van der Waals surface area contributed by atoms with E-state index >= 15 is 0 Å². The van der Waals surface area contributed by atoms with Gasteiger partial charge in [-0.1, -0.05) is 28.1 Å². The fourth-order valence-corrected chi connectivity index (χ4v) is 1.43. The summed E-state index contributed by atoms with van der Waals surface area (Å²) in [7, 11) is 0. The standard InChI is InChI=1S/C10H12BrNO2/c1-10(2,12(13)14)7-8-3-5-9(11)6-4-8/h3-6H,7H2,1-2H3. The van der Waals surface area contributed by atoms with E-state index in [0.29, 0.717) is 6.42 Å². The third-order valence-electron chi connectivity index (χ3n) is 2.04. The van der Waals surface area contributed by atoms with Crippen LogP contribution in [-0.4, -0.2) is 10.5 Å². The Morgan fingerprint density at radius 1 is 1.36 bits per heavy atom. The van der Waals surface area contributed by atoms with Crippen molar-refractivity contribution in [2.45, 2.75) is 25.8 Å². The Balaban J connectivity index is 2.79. The molecular formula is C10H12BrNO2. The summed E-state index contributed by atoms with van der Waals surface area (Å²) >= 11 is 3.32. The Hall–Kier alpha value is -0.900. The first-order valence-electron chi connectivity index (χ1n) is 4.31. The first-order chi connectivity index (χ1) is 6.42. The third kappa shape index (κ3) is 2.80. The molecule has 0 heterocycles. The van der Waals surface area contributed by atoms with Crippen molar-refractivity contribution in [3.8, 4) is 0 Å². The van der Waals surface area contributed by atoms with E-state index in [0.717, 1.165) is 10.0 Å². The smallest absolute Gasteiger partial charge is 0.220 e. The lowest BCUT2D eigenvalue weighted by molar-refractivity contribution is -0.560. The minimum Gasteiger partial charge on any atom is -0.264 e. The fraction of sp³-hybridized carbons (Fsp3) is 0.400. The van der Waals surface area contributed by atoms with Crippen molar-refractivity contribution >= 4 is 15.9 Å². The summed E-state index contributed by atoms with van der Waals surface area (Å²) in [5, 5.41) is 10.7. The van der Waals surface area contributed by atoms with Crippen LogP contribution < -0.4 is 0 Å².